The van der Waals surface area contributed by atoms with Crippen LogP contribution in [-0.2, 0) is 18.3 Å². The first-order valence-corrected chi connectivity index (χ1v) is 8.52. The third-order valence-electron chi connectivity index (χ3n) is 4.36. The van der Waals surface area contributed by atoms with Gasteiger partial charge in [0.15, 0.2) is 5.96 Å². The molecule has 0 aliphatic carbocycles. The summed E-state index contributed by atoms with van der Waals surface area (Å²) in [6.07, 6.45) is 4.09. The average molecular weight is 344 g/mol. The van der Waals surface area contributed by atoms with E-state index in [-0.39, 0.29) is 18.0 Å². The zero-order chi connectivity index (χ0) is 17.8. The monoisotopic (exact) mass is 344 g/mol. The SMILES string of the molecule is CN=C(NCc1ccn(C)c1)N1CC(C)OC(c2ccc(F)cc2)C1. The van der Waals surface area contributed by atoms with Gasteiger partial charge in [-0.25, -0.2) is 4.39 Å². The number of guanidine groups is 1. The quantitative estimate of drug-likeness (QED) is 0.688. The highest BCUT2D eigenvalue weighted by Gasteiger charge is 2.28. The molecule has 25 heavy (non-hydrogen) atoms. The van der Waals surface area contributed by atoms with Gasteiger partial charge >= 0.3 is 0 Å². The summed E-state index contributed by atoms with van der Waals surface area (Å²) < 4.78 is 21.3. The minimum Gasteiger partial charge on any atom is -0.367 e. The summed E-state index contributed by atoms with van der Waals surface area (Å²) in [5, 5.41) is 3.42. The fourth-order valence-electron chi connectivity index (χ4n) is 3.16. The molecular formula is C19H25FN4O. The minimum atomic E-state index is -0.232. The van der Waals surface area contributed by atoms with Gasteiger partial charge in [0.2, 0.25) is 0 Å². The van der Waals surface area contributed by atoms with Gasteiger partial charge in [-0.2, -0.15) is 0 Å². The Bertz CT molecular complexity index is 725. The lowest BCUT2D eigenvalue weighted by Crippen LogP contribution is -2.50. The number of aryl methyl sites for hydroxylation is 1. The number of ether oxygens (including phenoxy) is 1. The maximum absolute atomic E-state index is 13.2. The van der Waals surface area contributed by atoms with E-state index in [4.69, 9.17) is 4.74 Å². The van der Waals surface area contributed by atoms with Gasteiger partial charge in [0.05, 0.1) is 12.6 Å². The van der Waals surface area contributed by atoms with E-state index in [1.165, 1.54) is 17.7 Å². The number of aliphatic imine (C=N–C) groups is 1. The van der Waals surface area contributed by atoms with Crippen molar-refractivity contribution in [3.8, 4) is 0 Å². The van der Waals surface area contributed by atoms with Crippen molar-refractivity contribution in [1.29, 1.82) is 0 Å². The zero-order valence-corrected chi connectivity index (χ0v) is 14.9. The van der Waals surface area contributed by atoms with Crippen LogP contribution in [0.25, 0.3) is 0 Å². The van der Waals surface area contributed by atoms with Gasteiger partial charge in [-0.05, 0) is 36.2 Å². The Hall–Kier alpha value is -2.34. The molecule has 2 heterocycles. The Kier molecular flexibility index (Phi) is 5.38. The molecule has 3 rings (SSSR count). The topological polar surface area (TPSA) is 41.8 Å². The summed E-state index contributed by atoms with van der Waals surface area (Å²) in [6.45, 7) is 4.23. The smallest absolute Gasteiger partial charge is 0.194 e. The van der Waals surface area contributed by atoms with Crippen molar-refractivity contribution in [2.75, 3.05) is 20.1 Å². The third kappa shape index (κ3) is 4.39. The van der Waals surface area contributed by atoms with Gasteiger partial charge in [0, 0.05) is 39.6 Å². The second kappa shape index (κ2) is 7.70. The Labute approximate surface area is 148 Å². The Morgan fingerprint density at radius 1 is 1.28 bits per heavy atom. The Morgan fingerprint density at radius 2 is 2.04 bits per heavy atom. The number of benzene rings is 1. The van der Waals surface area contributed by atoms with Gasteiger partial charge in [-0.1, -0.05) is 12.1 Å². The van der Waals surface area contributed by atoms with Crippen molar-refractivity contribution >= 4 is 5.96 Å². The number of morpholine rings is 1. The standard InChI is InChI=1S/C19H25FN4O/c1-14-11-24(13-18(25-14)16-4-6-17(20)7-5-16)19(21-2)22-10-15-8-9-23(3)12-15/h4-9,12,14,18H,10-11,13H2,1-3H3,(H,21,22). The highest BCUT2D eigenvalue weighted by molar-refractivity contribution is 5.80. The number of nitrogens with zero attached hydrogens (tertiary/aromatic N) is 3. The van der Waals surface area contributed by atoms with Crippen LogP contribution in [-0.4, -0.2) is 41.7 Å². The molecule has 0 radical (unpaired) electrons. The summed E-state index contributed by atoms with van der Waals surface area (Å²) in [5.74, 6) is 0.621. The van der Waals surface area contributed by atoms with E-state index in [9.17, 15) is 4.39 Å². The molecule has 2 unspecified atom stereocenters. The molecule has 6 heteroatoms. The first kappa shape index (κ1) is 17.5. The van der Waals surface area contributed by atoms with Gasteiger partial charge in [0.1, 0.15) is 11.9 Å². The first-order valence-electron chi connectivity index (χ1n) is 8.52. The maximum Gasteiger partial charge on any atom is 0.194 e. The predicted molar refractivity (Wildman–Crippen MR) is 96.9 cm³/mol. The Morgan fingerprint density at radius 3 is 2.68 bits per heavy atom. The molecule has 5 nitrogen and oxygen atoms in total. The first-order chi connectivity index (χ1) is 12.0. The molecule has 0 spiro atoms. The van der Waals surface area contributed by atoms with E-state index < -0.39 is 0 Å². The lowest BCUT2D eigenvalue weighted by molar-refractivity contribution is -0.0605. The molecule has 134 valence electrons. The molecule has 0 amide bonds. The van der Waals surface area contributed by atoms with Crippen LogP contribution < -0.4 is 5.32 Å². The summed E-state index contributed by atoms with van der Waals surface area (Å²) in [6, 6.07) is 8.62. The van der Waals surface area contributed by atoms with Crippen molar-refractivity contribution in [1.82, 2.24) is 14.8 Å². The van der Waals surface area contributed by atoms with Gasteiger partial charge in [0.25, 0.3) is 0 Å². The highest BCUT2D eigenvalue weighted by Crippen LogP contribution is 2.25. The van der Waals surface area contributed by atoms with Crippen LogP contribution in [0.2, 0.25) is 0 Å². The van der Waals surface area contributed by atoms with E-state index in [0.717, 1.165) is 24.6 Å². The second-order valence-electron chi connectivity index (χ2n) is 6.48. The van der Waals surface area contributed by atoms with Crippen molar-refractivity contribution in [2.24, 2.45) is 12.0 Å². The number of hydrogen-bond donors (Lipinski definition) is 1. The van der Waals surface area contributed by atoms with Crippen molar-refractivity contribution < 1.29 is 9.13 Å². The van der Waals surface area contributed by atoms with Gasteiger partial charge in [-0.15, -0.1) is 0 Å². The molecular weight excluding hydrogens is 319 g/mol. The van der Waals surface area contributed by atoms with Gasteiger partial charge in [-0.3, -0.25) is 4.99 Å². The highest BCUT2D eigenvalue weighted by atomic mass is 19.1. The van der Waals surface area contributed by atoms with Crippen LogP contribution in [0, 0.1) is 5.82 Å². The van der Waals surface area contributed by atoms with Crippen molar-refractivity contribution in [3.05, 3.63) is 59.7 Å². The molecule has 0 saturated carbocycles. The molecule has 2 aromatic rings. The lowest BCUT2D eigenvalue weighted by Gasteiger charge is -2.38. The molecule has 0 bridgehead atoms. The zero-order valence-electron chi connectivity index (χ0n) is 14.9. The normalized spacial score (nSPS) is 21.4. The third-order valence-corrected chi connectivity index (χ3v) is 4.36. The molecule has 1 saturated heterocycles. The summed E-state index contributed by atoms with van der Waals surface area (Å²) >= 11 is 0. The minimum absolute atomic E-state index is 0.0686. The summed E-state index contributed by atoms with van der Waals surface area (Å²) in [7, 11) is 3.80. The van der Waals surface area contributed by atoms with E-state index in [1.54, 1.807) is 19.2 Å². The second-order valence-corrected chi connectivity index (χ2v) is 6.48. The van der Waals surface area contributed by atoms with E-state index in [0.29, 0.717) is 6.54 Å². The fraction of sp³-hybridized carbons (Fsp3) is 0.421. The largest absolute Gasteiger partial charge is 0.367 e. The van der Waals surface area contributed by atoms with Crippen LogP contribution in [0.3, 0.4) is 0 Å². The lowest BCUT2D eigenvalue weighted by atomic mass is 10.1. The van der Waals surface area contributed by atoms with Crippen LogP contribution in [0.15, 0.2) is 47.7 Å². The van der Waals surface area contributed by atoms with E-state index in [2.05, 4.69) is 27.5 Å². The summed E-state index contributed by atoms with van der Waals surface area (Å²) in [4.78, 5) is 6.62. The number of halogens is 1. The molecule has 1 fully saturated rings. The average Bonchev–Trinajstić information content (AvgIpc) is 3.01. The summed E-state index contributed by atoms with van der Waals surface area (Å²) in [5.41, 5.74) is 2.19. The molecule has 2 atom stereocenters. The number of hydrogen-bond acceptors (Lipinski definition) is 2. The Balaban J connectivity index is 1.67. The van der Waals surface area contributed by atoms with Gasteiger partial charge < -0.3 is 19.5 Å². The van der Waals surface area contributed by atoms with Crippen LogP contribution in [0.1, 0.15) is 24.2 Å². The molecule has 1 aliphatic heterocycles. The molecule has 1 aromatic heterocycles. The number of aromatic nitrogens is 1. The fourth-order valence-corrected chi connectivity index (χ4v) is 3.16. The van der Waals surface area contributed by atoms with Crippen LogP contribution in [0.5, 0.6) is 0 Å². The predicted octanol–water partition coefficient (Wildman–Crippen LogP) is 2.70. The number of nitrogens with one attached hydrogen (secondary N) is 1. The maximum atomic E-state index is 13.2. The number of rotatable bonds is 3. The van der Waals surface area contributed by atoms with Crippen molar-refractivity contribution in [3.63, 3.8) is 0 Å². The van der Waals surface area contributed by atoms with Crippen LogP contribution in [0.4, 0.5) is 4.39 Å². The van der Waals surface area contributed by atoms with Crippen LogP contribution >= 0.6 is 0 Å². The molecule has 1 aliphatic rings. The molecule has 1 aromatic carbocycles. The van der Waals surface area contributed by atoms with E-state index >= 15 is 0 Å². The molecule has 1 N–H and O–H groups in total. The van der Waals surface area contributed by atoms with E-state index in [1.807, 2.05) is 24.7 Å². The van der Waals surface area contributed by atoms with Crippen molar-refractivity contribution in [2.45, 2.75) is 25.7 Å².